The number of nitrogens with zero attached hydrogens (tertiary/aromatic N) is 2. The van der Waals surface area contributed by atoms with Gasteiger partial charge in [-0.2, -0.15) is 4.73 Å². The van der Waals surface area contributed by atoms with Gasteiger partial charge < -0.3 is 19.4 Å². The van der Waals surface area contributed by atoms with Crippen LogP contribution in [-0.4, -0.2) is 30.6 Å². The summed E-state index contributed by atoms with van der Waals surface area (Å²) in [5.74, 6) is -1.11. The monoisotopic (exact) mass is 450 g/mol. The molecule has 0 atom stereocenters. The van der Waals surface area contributed by atoms with E-state index in [1.165, 1.54) is 25.3 Å². The first-order valence-electron chi connectivity index (χ1n) is 8.75. The van der Waals surface area contributed by atoms with Crippen LogP contribution in [0.3, 0.4) is 0 Å². The Balaban J connectivity index is 2.00. The van der Waals surface area contributed by atoms with Crippen molar-refractivity contribution >= 4 is 46.2 Å². The summed E-state index contributed by atoms with van der Waals surface area (Å²) in [5.41, 5.74) is -0.0420. The van der Waals surface area contributed by atoms with E-state index in [1.54, 1.807) is 25.1 Å². The van der Waals surface area contributed by atoms with Crippen LogP contribution in [0.15, 0.2) is 36.4 Å². The Hall–Kier alpha value is -3.10. The normalized spacial score (nSPS) is 10.7. The number of aromatic nitrogens is 2. The molecule has 0 amide bonds. The third-order valence-electron chi connectivity index (χ3n) is 4.08. The summed E-state index contributed by atoms with van der Waals surface area (Å²) < 4.78 is 15.6. The van der Waals surface area contributed by atoms with Crippen LogP contribution >= 0.6 is 23.2 Å². The van der Waals surface area contributed by atoms with Crippen LogP contribution in [0.5, 0.6) is 5.75 Å². The van der Waals surface area contributed by atoms with Crippen molar-refractivity contribution in [3.8, 4) is 5.75 Å². The van der Waals surface area contributed by atoms with Crippen LogP contribution in [0.1, 0.15) is 33.5 Å². The molecule has 0 aliphatic carbocycles. The summed E-state index contributed by atoms with van der Waals surface area (Å²) in [6.07, 6.45) is 0. The van der Waals surface area contributed by atoms with Gasteiger partial charge in [-0.25, -0.2) is 14.6 Å². The lowest BCUT2D eigenvalue weighted by Gasteiger charge is -2.12. The second-order valence-electron chi connectivity index (χ2n) is 5.99. The fourth-order valence-electron chi connectivity index (χ4n) is 2.68. The molecule has 1 aromatic heterocycles. The minimum Gasteiger partial charge on any atom is -0.618 e. The number of halogens is 2. The van der Waals surface area contributed by atoms with Crippen molar-refractivity contribution in [2.45, 2.75) is 13.5 Å². The first kappa shape index (κ1) is 21.6. The molecule has 10 heteroatoms. The van der Waals surface area contributed by atoms with Crippen LogP contribution in [0, 0.1) is 5.21 Å². The number of ether oxygens (including phenoxy) is 3. The molecule has 0 unspecified atom stereocenters. The minimum atomic E-state index is -0.902. The van der Waals surface area contributed by atoms with Crippen molar-refractivity contribution in [1.82, 2.24) is 4.98 Å². The van der Waals surface area contributed by atoms with Crippen LogP contribution < -0.4 is 9.47 Å². The number of carbonyl (C=O) groups excluding carboxylic acids is 2. The number of benzene rings is 2. The molecule has 3 aromatic rings. The molecule has 0 aliphatic heterocycles. The SMILES string of the molecule is CCOC(=O)c1c(COC(=O)c2cccc(OC)c2)nc2cc(Cl)c(Cl)cc2[n+]1[O-]. The Bertz CT molecular complexity index is 1140. The van der Waals surface area contributed by atoms with Crippen molar-refractivity contribution in [3.05, 3.63) is 68.6 Å². The minimum absolute atomic E-state index is 0.0234. The predicted octanol–water partition coefficient (Wildman–Crippen LogP) is 3.72. The van der Waals surface area contributed by atoms with Gasteiger partial charge in [-0.05, 0) is 31.2 Å². The molecule has 0 N–H and O–H groups in total. The fraction of sp³-hybridized carbons (Fsp3) is 0.200. The van der Waals surface area contributed by atoms with Gasteiger partial charge in [0.2, 0.25) is 5.52 Å². The summed E-state index contributed by atoms with van der Waals surface area (Å²) in [5, 5.41) is 13.2. The van der Waals surface area contributed by atoms with E-state index in [-0.39, 0.29) is 38.9 Å². The number of fused-ring (bicyclic) bond motifs is 1. The number of carbonyl (C=O) groups is 2. The highest BCUT2D eigenvalue weighted by Crippen LogP contribution is 2.26. The van der Waals surface area contributed by atoms with Crippen molar-refractivity contribution in [2.24, 2.45) is 0 Å². The second-order valence-corrected chi connectivity index (χ2v) is 6.80. The van der Waals surface area contributed by atoms with Gasteiger partial charge in [0.05, 0.1) is 29.3 Å². The lowest BCUT2D eigenvalue weighted by atomic mass is 10.2. The van der Waals surface area contributed by atoms with Crippen LogP contribution in [0.2, 0.25) is 10.0 Å². The van der Waals surface area contributed by atoms with Gasteiger partial charge in [0.1, 0.15) is 17.9 Å². The number of rotatable bonds is 6. The molecule has 3 rings (SSSR count). The molecule has 0 spiro atoms. The molecule has 0 fully saturated rings. The van der Waals surface area contributed by atoms with Crippen LogP contribution in [0.25, 0.3) is 11.0 Å². The maximum Gasteiger partial charge on any atom is 0.407 e. The van der Waals surface area contributed by atoms with Crippen molar-refractivity contribution in [1.29, 1.82) is 0 Å². The zero-order valence-corrected chi connectivity index (χ0v) is 17.5. The molecule has 0 bridgehead atoms. The quantitative estimate of drug-likeness (QED) is 0.320. The van der Waals surface area contributed by atoms with Gasteiger partial charge in [-0.15, -0.1) is 0 Å². The summed E-state index contributed by atoms with van der Waals surface area (Å²) in [4.78, 5) is 29.1. The molecule has 30 heavy (non-hydrogen) atoms. The molecule has 156 valence electrons. The lowest BCUT2D eigenvalue weighted by Crippen LogP contribution is -2.39. The molecule has 0 aliphatic rings. The average molecular weight is 451 g/mol. The van der Waals surface area contributed by atoms with Crippen LogP contribution in [0.4, 0.5) is 0 Å². The van der Waals surface area contributed by atoms with Gasteiger partial charge in [0, 0.05) is 6.07 Å². The smallest absolute Gasteiger partial charge is 0.407 e. The first-order valence-corrected chi connectivity index (χ1v) is 9.50. The molecular weight excluding hydrogens is 435 g/mol. The lowest BCUT2D eigenvalue weighted by molar-refractivity contribution is -0.581. The Kier molecular flexibility index (Phi) is 6.59. The van der Waals surface area contributed by atoms with Crippen molar-refractivity contribution < 1.29 is 28.5 Å². The summed E-state index contributed by atoms with van der Waals surface area (Å²) in [6.45, 7) is 1.20. The maximum absolute atomic E-state index is 12.8. The maximum atomic E-state index is 12.8. The van der Waals surface area contributed by atoms with Crippen molar-refractivity contribution in [3.63, 3.8) is 0 Å². The number of methoxy groups -OCH3 is 1. The van der Waals surface area contributed by atoms with Gasteiger partial charge in [-0.3, -0.25) is 0 Å². The van der Waals surface area contributed by atoms with Gasteiger partial charge >= 0.3 is 17.6 Å². The highest BCUT2D eigenvalue weighted by atomic mass is 35.5. The third-order valence-corrected chi connectivity index (χ3v) is 4.80. The van der Waals surface area contributed by atoms with Gasteiger partial charge in [-0.1, -0.05) is 29.3 Å². The van der Waals surface area contributed by atoms with Gasteiger partial charge in [0.15, 0.2) is 5.69 Å². The first-order chi connectivity index (χ1) is 14.3. The number of esters is 2. The highest BCUT2D eigenvalue weighted by molar-refractivity contribution is 6.42. The van der Waals surface area contributed by atoms with E-state index in [1.807, 2.05) is 0 Å². The second kappa shape index (κ2) is 9.15. The topological polar surface area (TPSA) is 102 Å². The molecule has 2 aromatic carbocycles. The fourth-order valence-corrected chi connectivity index (χ4v) is 3.00. The van der Waals surface area contributed by atoms with E-state index in [0.717, 1.165) is 0 Å². The molecule has 8 nitrogen and oxygen atoms in total. The molecular formula is C20H16Cl2N2O6. The summed E-state index contributed by atoms with van der Waals surface area (Å²) in [6, 6.07) is 9.03. The van der Waals surface area contributed by atoms with E-state index in [0.29, 0.717) is 10.5 Å². The molecule has 0 saturated carbocycles. The number of hydrogen-bond donors (Lipinski definition) is 0. The van der Waals surface area contributed by atoms with Crippen LogP contribution in [-0.2, 0) is 16.1 Å². The molecule has 0 saturated heterocycles. The zero-order chi connectivity index (χ0) is 21.8. The average Bonchev–Trinajstić information content (AvgIpc) is 2.73. The Morgan fingerprint density at radius 1 is 1.10 bits per heavy atom. The largest absolute Gasteiger partial charge is 0.618 e. The van der Waals surface area contributed by atoms with Crippen molar-refractivity contribution in [2.75, 3.05) is 13.7 Å². The molecule has 0 radical (unpaired) electrons. The Morgan fingerprint density at radius 3 is 2.53 bits per heavy atom. The third kappa shape index (κ3) is 4.39. The Morgan fingerprint density at radius 2 is 1.83 bits per heavy atom. The summed E-state index contributed by atoms with van der Waals surface area (Å²) in [7, 11) is 1.47. The number of hydrogen-bond acceptors (Lipinski definition) is 7. The molecule has 1 heterocycles. The van der Waals surface area contributed by atoms with Gasteiger partial charge in [0.25, 0.3) is 0 Å². The van der Waals surface area contributed by atoms with E-state index in [9.17, 15) is 14.8 Å². The zero-order valence-electron chi connectivity index (χ0n) is 16.0. The highest BCUT2D eigenvalue weighted by Gasteiger charge is 2.29. The van der Waals surface area contributed by atoms with E-state index < -0.39 is 24.2 Å². The Labute approximate surface area is 181 Å². The standard InChI is InChI=1S/C20H16Cl2N2O6/c1-3-29-20(26)18-16(10-30-19(25)11-5-4-6-12(7-11)28-2)23-15-8-13(21)14(22)9-17(15)24(18)27/h4-9H,3,10H2,1-2H3. The summed E-state index contributed by atoms with van der Waals surface area (Å²) >= 11 is 12.0. The van der Waals surface area contributed by atoms with E-state index in [2.05, 4.69) is 4.98 Å². The van der Waals surface area contributed by atoms with E-state index >= 15 is 0 Å². The predicted molar refractivity (Wildman–Crippen MR) is 109 cm³/mol. The van der Waals surface area contributed by atoms with E-state index in [4.69, 9.17) is 37.4 Å².